The van der Waals surface area contributed by atoms with E-state index >= 15 is 0 Å². The van der Waals surface area contributed by atoms with Crippen LogP contribution in [0.15, 0.2) is 54.6 Å². The fourth-order valence-electron chi connectivity index (χ4n) is 2.18. The first-order valence-corrected chi connectivity index (χ1v) is 7.08. The van der Waals surface area contributed by atoms with E-state index in [-0.39, 0.29) is 0 Å². The first kappa shape index (κ1) is 13.8. The summed E-state index contributed by atoms with van der Waals surface area (Å²) >= 11 is 11.8. The highest BCUT2D eigenvalue weighted by Crippen LogP contribution is 2.30. The normalized spacial score (nSPS) is 10.3. The number of rotatable bonds is 2. The van der Waals surface area contributed by atoms with Gasteiger partial charge < -0.3 is 4.98 Å². The van der Waals surface area contributed by atoms with Crippen LogP contribution in [0, 0.1) is 11.3 Å². The monoisotopic (exact) mass is 312 g/mol. The lowest BCUT2D eigenvalue weighted by molar-refractivity contribution is 1.33. The summed E-state index contributed by atoms with van der Waals surface area (Å²) in [4.78, 5) is 3.14. The molecule has 0 saturated carbocycles. The third-order valence-corrected chi connectivity index (χ3v) is 3.74. The maximum absolute atomic E-state index is 9.31. The summed E-state index contributed by atoms with van der Waals surface area (Å²) in [5.41, 5.74) is 4.21. The Morgan fingerprint density at radius 1 is 0.810 bits per heavy atom. The molecule has 3 aromatic rings. The minimum Gasteiger partial charge on any atom is -0.346 e. The van der Waals surface area contributed by atoms with E-state index < -0.39 is 0 Å². The molecule has 0 aliphatic carbocycles. The van der Waals surface area contributed by atoms with Crippen LogP contribution >= 0.6 is 23.2 Å². The molecule has 1 heterocycles. The van der Waals surface area contributed by atoms with E-state index in [4.69, 9.17) is 23.2 Å². The number of nitrogens with one attached hydrogen (secondary N) is 1. The second-order valence-corrected chi connectivity index (χ2v) is 5.47. The first-order chi connectivity index (χ1) is 10.2. The van der Waals surface area contributed by atoms with Crippen LogP contribution < -0.4 is 0 Å². The van der Waals surface area contributed by atoms with E-state index in [0.717, 1.165) is 22.4 Å². The van der Waals surface area contributed by atoms with Crippen molar-refractivity contribution in [1.82, 2.24) is 4.98 Å². The second kappa shape index (κ2) is 5.65. The number of H-pyrrole nitrogens is 1. The van der Waals surface area contributed by atoms with Gasteiger partial charge in [-0.25, -0.2) is 0 Å². The summed E-state index contributed by atoms with van der Waals surface area (Å²) in [6, 6.07) is 19.1. The number of nitriles is 1. The quantitative estimate of drug-likeness (QED) is 0.664. The molecule has 1 N–H and O–H groups in total. The molecule has 21 heavy (non-hydrogen) atoms. The average Bonchev–Trinajstić information content (AvgIpc) is 2.93. The molecule has 4 heteroatoms. The van der Waals surface area contributed by atoms with Gasteiger partial charge in [-0.1, -0.05) is 47.5 Å². The lowest BCUT2D eigenvalue weighted by atomic mass is 10.1. The molecule has 2 nitrogen and oxygen atoms in total. The second-order valence-electron chi connectivity index (χ2n) is 4.60. The molecule has 0 spiro atoms. The van der Waals surface area contributed by atoms with Crippen molar-refractivity contribution in [2.24, 2.45) is 0 Å². The van der Waals surface area contributed by atoms with Crippen LogP contribution in [-0.2, 0) is 0 Å². The van der Waals surface area contributed by atoms with Crippen molar-refractivity contribution in [1.29, 1.82) is 5.26 Å². The Morgan fingerprint density at radius 2 is 1.33 bits per heavy atom. The number of benzene rings is 2. The molecular weight excluding hydrogens is 303 g/mol. The SMILES string of the molecule is N#Cc1[nH]c(-c2ccc(Cl)cc2)cc1-c1ccc(Cl)cc1. The molecule has 0 radical (unpaired) electrons. The number of hydrogen-bond donors (Lipinski definition) is 1. The summed E-state index contributed by atoms with van der Waals surface area (Å²) in [6.07, 6.45) is 0. The van der Waals surface area contributed by atoms with E-state index in [1.54, 1.807) is 0 Å². The van der Waals surface area contributed by atoms with Crippen LogP contribution in [0.3, 0.4) is 0 Å². The fourth-order valence-corrected chi connectivity index (χ4v) is 2.44. The van der Waals surface area contributed by atoms with E-state index in [0.29, 0.717) is 15.7 Å². The van der Waals surface area contributed by atoms with Crippen molar-refractivity contribution in [3.05, 3.63) is 70.3 Å². The Morgan fingerprint density at radius 3 is 1.86 bits per heavy atom. The lowest BCUT2D eigenvalue weighted by Crippen LogP contribution is -1.80. The predicted octanol–water partition coefficient (Wildman–Crippen LogP) is 5.53. The molecule has 0 unspecified atom stereocenters. The Labute approximate surface area is 132 Å². The van der Waals surface area contributed by atoms with Crippen molar-refractivity contribution >= 4 is 23.2 Å². The first-order valence-electron chi connectivity index (χ1n) is 6.32. The van der Waals surface area contributed by atoms with Gasteiger partial charge in [0.25, 0.3) is 0 Å². The van der Waals surface area contributed by atoms with Crippen LogP contribution in [0.4, 0.5) is 0 Å². The summed E-state index contributed by atoms with van der Waals surface area (Å²) in [5, 5.41) is 10.7. The van der Waals surface area contributed by atoms with E-state index in [9.17, 15) is 5.26 Å². The molecule has 3 rings (SSSR count). The van der Waals surface area contributed by atoms with Crippen molar-refractivity contribution in [3.8, 4) is 28.5 Å². The van der Waals surface area contributed by atoms with E-state index in [1.165, 1.54) is 0 Å². The van der Waals surface area contributed by atoms with Crippen LogP contribution in [0.1, 0.15) is 5.69 Å². The molecule has 0 fully saturated rings. The van der Waals surface area contributed by atoms with Gasteiger partial charge in [-0.05, 0) is 41.5 Å². The zero-order valence-corrected chi connectivity index (χ0v) is 12.4. The van der Waals surface area contributed by atoms with Gasteiger partial charge in [-0.3, -0.25) is 0 Å². The zero-order valence-electron chi connectivity index (χ0n) is 10.9. The lowest BCUT2D eigenvalue weighted by Gasteiger charge is -1.98. The Kier molecular flexibility index (Phi) is 3.70. The minimum absolute atomic E-state index is 0.530. The highest BCUT2D eigenvalue weighted by atomic mass is 35.5. The molecule has 0 saturated heterocycles. The smallest absolute Gasteiger partial charge is 0.125 e. The van der Waals surface area contributed by atoms with Crippen molar-refractivity contribution < 1.29 is 0 Å². The molecule has 0 atom stereocenters. The van der Waals surface area contributed by atoms with Crippen LogP contribution in [0.2, 0.25) is 10.0 Å². The largest absolute Gasteiger partial charge is 0.346 e. The molecule has 102 valence electrons. The molecule has 2 aromatic carbocycles. The molecule has 0 aliphatic rings. The van der Waals surface area contributed by atoms with Crippen LogP contribution in [-0.4, -0.2) is 4.98 Å². The van der Waals surface area contributed by atoms with Crippen molar-refractivity contribution in [3.63, 3.8) is 0 Å². The Bertz CT molecular complexity index is 809. The molecule has 0 amide bonds. The summed E-state index contributed by atoms with van der Waals surface area (Å²) in [6.45, 7) is 0. The van der Waals surface area contributed by atoms with Crippen molar-refractivity contribution in [2.45, 2.75) is 0 Å². The fraction of sp³-hybridized carbons (Fsp3) is 0. The number of aromatic nitrogens is 1. The van der Waals surface area contributed by atoms with Gasteiger partial charge in [0, 0.05) is 21.3 Å². The Balaban J connectivity index is 2.08. The summed E-state index contributed by atoms with van der Waals surface area (Å²) < 4.78 is 0. The number of hydrogen-bond acceptors (Lipinski definition) is 1. The third kappa shape index (κ3) is 2.80. The predicted molar refractivity (Wildman–Crippen MR) is 86.4 cm³/mol. The van der Waals surface area contributed by atoms with Gasteiger partial charge in [-0.2, -0.15) is 5.26 Å². The molecular formula is C17H10Cl2N2. The number of nitrogens with zero attached hydrogens (tertiary/aromatic N) is 1. The van der Waals surface area contributed by atoms with Crippen molar-refractivity contribution in [2.75, 3.05) is 0 Å². The number of aromatic amines is 1. The minimum atomic E-state index is 0.530. The third-order valence-electron chi connectivity index (χ3n) is 3.24. The van der Waals surface area contributed by atoms with Crippen LogP contribution in [0.25, 0.3) is 22.4 Å². The molecule has 0 aliphatic heterocycles. The average molecular weight is 313 g/mol. The maximum atomic E-state index is 9.31. The van der Waals surface area contributed by atoms with Gasteiger partial charge in [0.15, 0.2) is 0 Å². The Hall–Kier alpha value is -2.21. The van der Waals surface area contributed by atoms with Gasteiger partial charge >= 0.3 is 0 Å². The number of halogens is 2. The standard InChI is InChI=1S/C17H10Cl2N2/c18-13-5-1-11(2-6-13)15-9-16(21-17(15)10-20)12-3-7-14(19)8-4-12/h1-9,21H. The van der Waals surface area contributed by atoms with Gasteiger partial charge in [0.1, 0.15) is 11.8 Å². The van der Waals surface area contributed by atoms with Crippen LogP contribution in [0.5, 0.6) is 0 Å². The van der Waals surface area contributed by atoms with E-state index in [1.807, 2.05) is 54.6 Å². The highest BCUT2D eigenvalue weighted by Gasteiger charge is 2.11. The molecule has 0 bridgehead atoms. The summed E-state index contributed by atoms with van der Waals surface area (Å²) in [5.74, 6) is 0. The maximum Gasteiger partial charge on any atom is 0.125 e. The zero-order chi connectivity index (χ0) is 14.8. The van der Waals surface area contributed by atoms with Gasteiger partial charge in [0.2, 0.25) is 0 Å². The van der Waals surface area contributed by atoms with Gasteiger partial charge in [-0.15, -0.1) is 0 Å². The molecule has 1 aromatic heterocycles. The van der Waals surface area contributed by atoms with Gasteiger partial charge in [0.05, 0.1) is 0 Å². The topological polar surface area (TPSA) is 39.6 Å². The summed E-state index contributed by atoms with van der Waals surface area (Å²) in [7, 11) is 0. The van der Waals surface area contributed by atoms with E-state index in [2.05, 4.69) is 11.1 Å². The highest BCUT2D eigenvalue weighted by molar-refractivity contribution is 6.30.